The van der Waals surface area contributed by atoms with E-state index in [9.17, 15) is 36.5 Å². The molecule has 0 aromatic heterocycles. The van der Waals surface area contributed by atoms with E-state index in [0.717, 1.165) is 0 Å². The van der Waals surface area contributed by atoms with Crippen LogP contribution in [-0.2, 0) is 6.18 Å². The second kappa shape index (κ2) is 4.87. The molecule has 0 N–H and O–H groups in total. The molecule has 0 heterocycles. The zero-order valence-corrected chi connectivity index (χ0v) is 10.1. The molecule has 0 amide bonds. The van der Waals surface area contributed by atoms with Gasteiger partial charge in [-0.1, -0.05) is 0 Å². The number of ether oxygens (including phenoxy) is 1. The topological polar surface area (TPSA) is 52.4 Å². The third kappa shape index (κ3) is 3.98. The largest absolute Gasteiger partial charge is 0.573 e. The Bertz CT molecular complexity index is 512. The molecule has 4 nitrogen and oxygen atoms in total. The quantitative estimate of drug-likeness (QED) is 0.453. The molecule has 0 saturated heterocycles. The summed E-state index contributed by atoms with van der Waals surface area (Å²) in [5.74, 6) is -1.58. The number of hydrogen-bond acceptors (Lipinski definition) is 3. The van der Waals surface area contributed by atoms with Crippen LogP contribution < -0.4 is 4.74 Å². The molecule has 19 heavy (non-hydrogen) atoms. The Morgan fingerprint density at radius 2 is 1.68 bits per heavy atom. The highest BCUT2D eigenvalue weighted by Gasteiger charge is 2.41. The summed E-state index contributed by atoms with van der Waals surface area (Å²) in [6.45, 7) is 0. The van der Waals surface area contributed by atoms with Crippen molar-refractivity contribution in [3.63, 3.8) is 0 Å². The molecule has 0 atom stereocenters. The number of benzene rings is 1. The lowest BCUT2D eigenvalue weighted by molar-refractivity contribution is -0.385. The van der Waals surface area contributed by atoms with Gasteiger partial charge >= 0.3 is 12.5 Å². The van der Waals surface area contributed by atoms with E-state index in [1.165, 1.54) is 0 Å². The maximum atomic E-state index is 12.6. The molecular weight excluding hydrogens is 352 g/mol. The van der Waals surface area contributed by atoms with E-state index in [0.29, 0.717) is 6.07 Å². The number of non-ortho nitro benzene ring substituents is 1. The van der Waals surface area contributed by atoms with Crippen LogP contribution in [0.1, 0.15) is 5.56 Å². The molecule has 0 fully saturated rings. The van der Waals surface area contributed by atoms with Crippen LogP contribution in [0, 0.1) is 10.1 Å². The lowest BCUT2D eigenvalue weighted by Crippen LogP contribution is -2.20. The smallest absolute Gasteiger partial charge is 0.404 e. The lowest BCUT2D eigenvalue weighted by atomic mass is 10.1. The second-order valence-corrected chi connectivity index (χ2v) is 3.96. The molecule has 11 heteroatoms. The molecule has 106 valence electrons. The Hall–Kier alpha value is -1.52. The maximum absolute atomic E-state index is 12.6. The number of nitrogens with zero attached hydrogens (tertiary/aromatic N) is 1. The van der Waals surface area contributed by atoms with E-state index in [1.807, 2.05) is 0 Å². The van der Waals surface area contributed by atoms with Gasteiger partial charge < -0.3 is 4.74 Å². The van der Waals surface area contributed by atoms with Crippen LogP contribution in [0.5, 0.6) is 5.75 Å². The second-order valence-electron chi connectivity index (χ2n) is 3.11. The SMILES string of the molecule is O=[N+]([O-])c1cc(Br)c(OC(F)(F)F)c(C(F)(F)F)c1. The molecule has 0 spiro atoms. The zero-order valence-electron chi connectivity index (χ0n) is 8.47. The Morgan fingerprint density at radius 3 is 2.05 bits per heavy atom. The molecule has 0 aliphatic heterocycles. The first-order chi connectivity index (χ1) is 8.42. The maximum Gasteiger partial charge on any atom is 0.573 e. The normalized spacial score (nSPS) is 12.4. The minimum absolute atomic E-state index is 0.0359. The van der Waals surface area contributed by atoms with Crippen molar-refractivity contribution >= 4 is 21.6 Å². The highest BCUT2D eigenvalue weighted by atomic mass is 79.9. The van der Waals surface area contributed by atoms with Crippen molar-refractivity contribution in [2.75, 3.05) is 0 Å². The fourth-order valence-corrected chi connectivity index (χ4v) is 1.64. The molecule has 1 aromatic carbocycles. The standard InChI is InChI=1S/C8H2BrF6NO3/c9-5-2-3(16(17)18)1-4(7(10,11)12)6(5)19-8(13,14)15/h1-2H. The molecule has 0 aliphatic rings. The van der Waals surface area contributed by atoms with Gasteiger partial charge in [0.25, 0.3) is 5.69 Å². The first kappa shape index (κ1) is 15.5. The van der Waals surface area contributed by atoms with Crippen molar-refractivity contribution in [3.8, 4) is 5.75 Å². The number of alkyl halides is 6. The summed E-state index contributed by atoms with van der Waals surface area (Å²) in [5, 5.41) is 10.4. The Balaban J connectivity index is 3.49. The van der Waals surface area contributed by atoms with Gasteiger partial charge in [0.05, 0.1) is 9.40 Å². The molecule has 0 bridgehead atoms. The van der Waals surface area contributed by atoms with Gasteiger partial charge in [0, 0.05) is 12.1 Å². The van der Waals surface area contributed by atoms with Gasteiger partial charge in [-0.25, -0.2) is 0 Å². The van der Waals surface area contributed by atoms with E-state index in [4.69, 9.17) is 0 Å². The van der Waals surface area contributed by atoms with Gasteiger partial charge in [-0.05, 0) is 15.9 Å². The van der Waals surface area contributed by atoms with Crippen molar-refractivity contribution in [2.24, 2.45) is 0 Å². The van der Waals surface area contributed by atoms with Gasteiger partial charge in [-0.3, -0.25) is 10.1 Å². The predicted octanol–water partition coefficient (Wildman–Crippen LogP) is 4.27. The number of halogens is 7. The summed E-state index contributed by atoms with van der Waals surface area (Å²) in [5.41, 5.74) is -2.92. The molecule has 1 aromatic rings. The van der Waals surface area contributed by atoms with Crippen molar-refractivity contribution in [1.82, 2.24) is 0 Å². The van der Waals surface area contributed by atoms with Gasteiger partial charge in [0.1, 0.15) is 5.56 Å². The van der Waals surface area contributed by atoms with Crippen LogP contribution in [0.4, 0.5) is 32.0 Å². The lowest BCUT2D eigenvalue weighted by Gasteiger charge is -2.16. The number of nitro benzene ring substituents is 1. The molecule has 0 unspecified atom stereocenters. The molecule has 0 aliphatic carbocycles. The van der Waals surface area contributed by atoms with Crippen molar-refractivity contribution in [3.05, 3.63) is 32.3 Å². The van der Waals surface area contributed by atoms with Gasteiger partial charge in [-0.2, -0.15) is 13.2 Å². The van der Waals surface area contributed by atoms with Crippen LogP contribution in [0.15, 0.2) is 16.6 Å². The summed E-state index contributed by atoms with van der Waals surface area (Å²) in [7, 11) is 0. The summed E-state index contributed by atoms with van der Waals surface area (Å²) in [4.78, 5) is 9.21. The van der Waals surface area contributed by atoms with E-state index in [1.54, 1.807) is 0 Å². The Labute approximate surface area is 109 Å². The van der Waals surface area contributed by atoms with E-state index >= 15 is 0 Å². The Kier molecular flexibility index (Phi) is 3.98. The van der Waals surface area contributed by atoms with Crippen LogP contribution >= 0.6 is 15.9 Å². The van der Waals surface area contributed by atoms with Gasteiger partial charge in [-0.15, -0.1) is 13.2 Å². The summed E-state index contributed by atoms with van der Waals surface area (Å²) in [6, 6.07) is 0.447. The van der Waals surface area contributed by atoms with Gasteiger partial charge in [0.15, 0.2) is 5.75 Å². The number of hydrogen-bond donors (Lipinski definition) is 0. The highest BCUT2D eigenvalue weighted by molar-refractivity contribution is 9.10. The number of nitro groups is 1. The van der Waals surface area contributed by atoms with Crippen molar-refractivity contribution in [1.29, 1.82) is 0 Å². The molecule has 1 rings (SSSR count). The first-order valence-electron chi connectivity index (χ1n) is 4.22. The highest BCUT2D eigenvalue weighted by Crippen LogP contribution is 2.44. The zero-order chi connectivity index (χ0) is 15.0. The van der Waals surface area contributed by atoms with E-state index in [2.05, 4.69) is 20.7 Å². The fraction of sp³-hybridized carbons (Fsp3) is 0.250. The fourth-order valence-electron chi connectivity index (χ4n) is 1.11. The monoisotopic (exact) mass is 353 g/mol. The minimum atomic E-state index is -5.36. The summed E-state index contributed by atoms with van der Waals surface area (Å²) >= 11 is 2.38. The van der Waals surface area contributed by atoms with Gasteiger partial charge in [0.2, 0.25) is 0 Å². The summed E-state index contributed by atoms with van der Waals surface area (Å²) in [6.07, 6.45) is -10.6. The van der Waals surface area contributed by atoms with E-state index < -0.39 is 38.9 Å². The average Bonchev–Trinajstić information content (AvgIpc) is 2.16. The Morgan fingerprint density at radius 1 is 1.16 bits per heavy atom. The average molecular weight is 354 g/mol. The molecule has 0 radical (unpaired) electrons. The van der Waals surface area contributed by atoms with Crippen LogP contribution in [0.3, 0.4) is 0 Å². The van der Waals surface area contributed by atoms with Crippen molar-refractivity contribution < 1.29 is 36.0 Å². The van der Waals surface area contributed by atoms with Crippen LogP contribution in [0.2, 0.25) is 0 Å². The van der Waals surface area contributed by atoms with Crippen LogP contribution in [0.25, 0.3) is 0 Å². The van der Waals surface area contributed by atoms with E-state index in [-0.39, 0.29) is 6.07 Å². The molecule has 0 saturated carbocycles. The third-order valence-electron chi connectivity index (χ3n) is 1.76. The summed E-state index contributed by atoms with van der Waals surface area (Å²) < 4.78 is 76.1. The first-order valence-corrected chi connectivity index (χ1v) is 5.02. The predicted molar refractivity (Wildman–Crippen MR) is 52.5 cm³/mol. The van der Waals surface area contributed by atoms with Crippen LogP contribution in [-0.4, -0.2) is 11.3 Å². The number of rotatable bonds is 2. The third-order valence-corrected chi connectivity index (χ3v) is 2.35. The minimum Gasteiger partial charge on any atom is -0.404 e. The van der Waals surface area contributed by atoms with Crippen molar-refractivity contribution in [2.45, 2.75) is 12.5 Å². The molecular formula is C8H2BrF6NO3.